The zero-order chi connectivity index (χ0) is 21.5. The van der Waals surface area contributed by atoms with E-state index in [1.165, 1.54) is 25.7 Å². The van der Waals surface area contributed by atoms with Crippen LogP contribution in [0.2, 0.25) is 0 Å². The molecule has 0 radical (unpaired) electrons. The Hall–Kier alpha value is -1.19. The van der Waals surface area contributed by atoms with Crippen LogP contribution in [0.3, 0.4) is 0 Å². The largest absolute Gasteiger partial charge is 0.393 e. The molecule has 0 aromatic rings. The zero-order valence-electron chi connectivity index (χ0n) is 18.9. The first-order valence-corrected chi connectivity index (χ1v) is 12.3. The van der Waals surface area contributed by atoms with Gasteiger partial charge >= 0.3 is 0 Å². The van der Waals surface area contributed by atoms with E-state index in [-0.39, 0.29) is 0 Å². The van der Waals surface area contributed by atoms with Gasteiger partial charge in [-0.3, -0.25) is 4.79 Å². The second kappa shape index (κ2) is 8.74. The first kappa shape index (κ1) is 22.0. The lowest BCUT2D eigenvalue weighted by atomic mass is 9.60. The number of allylic oxidation sites excluding steroid dienone is 3. The molecular formula is C27H40O3. The highest BCUT2D eigenvalue weighted by Crippen LogP contribution is 2.60. The molecule has 0 saturated heterocycles. The predicted octanol–water partition coefficient (Wildman–Crippen LogP) is 5.52. The number of Topliss-reactive ketones (excluding diaryl/α,β-unsaturated/α-hetero) is 1. The fourth-order valence-corrected chi connectivity index (χ4v) is 6.86. The molecule has 3 heteroatoms. The van der Waals surface area contributed by atoms with Crippen molar-refractivity contribution in [2.75, 3.05) is 0 Å². The van der Waals surface area contributed by atoms with Crippen molar-refractivity contribution >= 4 is 5.78 Å². The molecule has 6 atom stereocenters. The van der Waals surface area contributed by atoms with Gasteiger partial charge in [0.1, 0.15) is 5.78 Å². The van der Waals surface area contributed by atoms with Gasteiger partial charge < -0.3 is 10.2 Å². The Labute approximate surface area is 182 Å². The van der Waals surface area contributed by atoms with Crippen molar-refractivity contribution in [3.8, 4) is 0 Å². The summed E-state index contributed by atoms with van der Waals surface area (Å²) in [5, 5.41) is 20.2. The van der Waals surface area contributed by atoms with Gasteiger partial charge in [-0.05, 0) is 92.1 Å². The monoisotopic (exact) mass is 412 g/mol. The van der Waals surface area contributed by atoms with Crippen molar-refractivity contribution in [2.45, 2.75) is 96.7 Å². The van der Waals surface area contributed by atoms with Gasteiger partial charge in [0.05, 0.1) is 12.2 Å². The van der Waals surface area contributed by atoms with Crippen molar-refractivity contribution in [1.29, 1.82) is 0 Å². The number of carbonyl (C=O) groups is 1. The molecule has 4 aliphatic rings. The van der Waals surface area contributed by atoms with Crippen LogP contribution in [0.25, 0.3) is 0 Å². The Kier molecular flexibility index (Phi) is 6.42. The van der Waals surface area contributed by atoms with Gasteiger partial charge in [0.15, 0.2) is 0 Å². The lowest BCUT2D eigenvalue weighted by Crippen LogP contribution is -2.36. The van der Waals surface area contributed by atoms with Crippen molar-refractivity contribution in [2.24, 2.45) is 29.1 Å². The highest BCUT2D eigenvalue weighted by Gasteiger charge is 2.50. The second-order valence-corrected chi connectivity index (χ2v) is 10.9. The lowest BCUT2D eigenvalue weighted by molar-refractivity contribution is -0.120. The molecule has 0 bridgehead atoms. The SMILES string of the molecule is C=C1C(=C/C=C2\CCC[C@]3(C)[C@@H]([C@H](C)CCC(=O)C4CC4)CC[C@@H]23)C[C@@H](O)C[C@@H]1O. The summed E-state index contributed by atoms with van der Waals surface area (Å²) in [6.07, 6.45) is 14.6. The Morgan fingerprint density at radius 1 is 1.23 bits per heavy atom. The summed E-state index contributed by atoms with van der Waals surface area (Å²) in [5.41, 5.74) is 3.66. The maximum Gasteiger partial charge on any atom is 0.135 e. The van der Waals surface area contributed by atoms with Crippen LogP contribution in [-0.4, -0.2) is 28.2 Å². The van der Waals surface area contributed by atoms with Gasteiger partial charge in [-0.25, -0.2) is 0 Å². The number of rotatable bonds is 6. The summed E-state index contributed by atoms with van der Waals surface area (Å²) in [5.74, 6) is 2.85. The molecule has 0 heterocycles. The molecule has 30 heavy (non-hydrogen) atoms. The van der Waals surface area contributed by atoms with Gasteiger partial charge in [-0.1, -0.05) is 38.2 Å². The molecule has 0 aromatic carbocycles. The highest BCUT2D eigenvalue weighted by atomic mass is 16.3. The van der Waals surface area contributed by atoms with Gasteiger partial charge in [-0.2, -0.15) is 0 Å². The topological polar surface area (TPSA) is 57.5 Å². The first-order valence-electron chi connectivity index (χ1n) is 12.3. The normalized spacial score (nSPS) is 40.6. The first-order chi connectivity index (χ1) is 14.3. The smallest absolute Gasteiger partial charge is 0.135 e. The van der Waals surface area contributed by atoms with E-state index in [4.69, 9.17) is 0 Å². The molecule has 0 aromatic heterocycles. The van der Waals surface area contributed by atoms with E-state index in [1.54, 1.807) is 5.57 Å². The molecular weight excluding hydrogens is 372 g/mol. The van der Waals surface area contributed by atoms with E-state index in [9.17, 15) is 15.0 Å². The molecule has 0 aliphatic heterocycles. The highest BCUT2D eigenvalue weighted by molar-refractivity contribution is 5.83. The third-order valence-corrected chi connectivity index (χ3v) is 8.87. The predicted molar refractivity (Wildman–Crippen MR) is 121 cm³/mol. The third kappa shape index (κ3) is 4.39. The Morgan fingerprint density at radius 3 is 2.73 bits per heavy atom. The van der Waals surface area contributed by atoms with Crippen molar-refractivity contribution < 1.29 is 15.0 Å². The number of aliphatic hydroxyl groups is 2. The summed E-state index contributed by atoms with van der Waals surface area (Å²) in [6.45, 7) is 8.94. The van der Waals surface area contributed by atoms with Crippen LogP contribution in [0.4, 0.5) is 0 Å². The third-order valence-electron chi connectivity index (χ3n) is 8.87. The van der Waals surface area contributed by atoms with Gasteiger partial charge in [0.2, 0.25) is 0 Å². The Balaban J connectivity index is 1.45. The van der Waals surface area contributed by atoms with Crippen LogP contribution < -0.4 is 0 Å². The molecule has 2 N–H and O–H groups in total. The van der Waals surface area contributed by atoms with Gasteiger partial charge in [0.25, 0.3) is 0 Å². The molecule has 4 saturated carbocycles. The standard InChI is InChI=1S/C27H40O3/c1-17(6-13-25(29)20-8-9-20)23-11-12-24-19(5-4-14-27(23,24)3)7-10-21-15-22(28)16-26(30)18(21)2/h7,10,17,20,22-24,26,28,30H,2,4-6,8-9,11-16H2,1,3H3/b19-7+,21-10?/t17-,22-,23-,24+,26+,27-/m1/s1. The molecule has 0 spiro atoms. The minimum absolute atomic E-state index is 0.341. The number of aliphatic hydroxyl groups excluding tert-OH is 2. The summed E-state index contributed by atoms with van der Waals surface area (Å²) in [6, 6.07) is 0. The lowest BCUT2D eigenvalue weighted by Gasteiger charge is -2.44. The Bertz CT molecular complexity index is 743. The number of ketones is 1. The molecule has 4 fully saturated rings. The van der Waals surface area contributed by atoms with Crippen LogP contribution in [0.5, 0.6) is 0 Å². The number of fused-ring (bicyclic) bond motifs is 1. The van der Waals surface area contributed by atoms with E-state index in [1.807, 2.05) is 0 Å². The number of hydrogen-bond acceptors (Lipinski definition) is 3. The summed E-state index contributed by atoms with van der Waals surface area (Å²) in [4.78, 5) is 12.2. The summed E-state index contributed by atoms with van der Waals surface area (Å²) in [7, 11) is 0. The van der Waals surface area contributed by atoms with Crippen molar-refractivity contribution in [1.82, 2.24) is 0 Å². The molecule has 166 valence electrons. The van der Waals surface area contributed by atoms with E-state index < -0.39 is 12.2 Å². The summed E-state index contributed by atoms with van der Waals surface area (Å²) < 4.78 is 0. The van der Waals surface area contributed by atoms with E-state index in [0.29, 0.717) is 47.7 Å². The fourth-order valence-electron chi connectivity index (χ4n) is 6.86. The number of hydrogen-bond donors (Lipinski definition) is 2. The van der Waals surface area contributed by atoms with Gasteiger partial charge in [0, 0.05) is 18.8 Å². The Morgan fingerprint density at radius 2 is 2.00 bits per heavy atom. The van der Waals surface area contributed by atoms with Crippen LogP contribution in [0.15, 0.2) is 35.5 Å². The molecule has 0 unspecified atom stereocenters. The second-order valence-electron chi connectivity index (χ2n) is 10.9. The zero-order valence-corrected chi connectivity index (χ0v) is 18.9. The maximum atomic E-state index is 12.2. The number of carbonyl (C=O) groups excluding carboxylic acids is 1. The molecule has 0 amide bonds. The van der Waals surface area contributed by atoms with Crippen molar-refractivity contribution in [3.05, 3.63) is 35.5 Å². The van der Waals surface area contributed by atoms with Crippen LogP contribution >= 0.6 is 0 Å². The van der Waals surface area contributed by atoms with E-state index in [0.717, 1.165) is 43.3 Å². The molecule has 4 aliphatic carbocycles. The average Bonchev–Trinajstić information content (AvgIpc) is 3.49. The quantitative estimate of drug-likeness (QED) is 0.604. The van der Waals surface area contributed by atoms with Crippen LogP contribution in [-0.2, 0) is 4.79 Å². The average molecular weight is 413 g/mol. The molecule has 4 rings (SSSR count). The minimum atomic E-state index is -0.620. The van der Waals surface area contributed by atoms with E-state index >= 15 is 0 Å². The van der Waals surface area contributed by atoms with Crippen LogP contribution in [0.1, 0.15) is 84.5 Å². The van der Waals surface area contributed by atoms with Crippen molar-refractivity contribution in [3.63, 3.8) is 0 Å². The minimum Gasteiger partial charge on any atom is -0.393 e. The fraction of sp³-hybridized carbons (Fsp3) is 0.741. The maximum absolute atomic E-state index is 12.2. The van der Waals surface area contributed by atoms with Crippen LogP contribution in [0, 0.1) is 29.1 Å². The van der Waals surface area contributed by atoms with Gasteiger partial charge in [-0.15, -0.1) is 0 Å². The van der Waals surface area contributed by atoms with E-state index in [2.05, 4.69) is 32.6 Å². The summed E-state index contributed by atoms with van der Waals surface area (Å²) >= 11 is 0. The molecule has 3 nitrogen and oxygen atoms in total.